The standard InChI is InChI=1S/C50H93NO9/c1-7-13-16-19-22-23-24-25-26-27-28-29-32-36-46(45(49(53)57-40-10-4)44-59-50(54)58-43-35-39-51(11-5)12-6)60-47(52)37-38-48(55-41-33-30-20-17-14-8-2)56-42-34-31-21-18-15-9-3/h22-23,25-26,45-46,48H,7-21,24,27-44H2,1-6H3/b23-22-,26-25-. The average Bonchev–Trinajstić information content (AvgIpc) is 3.25. The predicted molar refractivity (Wildman–Crippen MR) is 246 cm³/mol. The summed E-state index contributed by atoms with van der Waals surface area (Å²) < 4.78 is 34.9. The average molecular weight is 852 g/mol. The minimum Gasteiger partial charge on any atom is -0.465 e. The summed E-state index contributed by atoms with van der Waals surface area (Å²) in [6.45, 7) is 16.8. The van der Waals surface area contributed by atoms with Gasteiger partial charge in [-0.2, -0.15) is 0 Å². The Bertz CT molecular complexity index is 1010. The van der Waals surface area contributed by atoms with Crippen LogP contribution in [0.25, 0.3) is 0 Å². The highest BCUT2D eigenvalue weighted by molar-refractivity contribution is 5.75. The molecule has 0 amide bonds. The van der Waals surface area contributed by atoms with Gasteiger partial charge in [-0.05, 0) is 83.7 Å². The molecular weight excluding hydrogens is 759 g/mol. The maximum atomic E-state index is 13.6. The zero-order valence-corrected chi connectivity index (χ0v) is 39.7. The predicted octanol–water partition coefficient (Wildman–Crippen LogP) is 13.2. The fourth-order valence-corrected chi connectivity index (χ4v) is 6.84. The summed E-state index contributed by atoms with van der Waals surface area (Å²) in [5.74, 6) is -1.96. The molecule has 0 aromatic heterocycles. The topological polar surface area (TPSA) is 110 Å². The summed E-state index contributed by atoms with van der Waals surface area (Å²) in [5.41, 5.74) is 0. The number of nitrogens with zero attached hydrogens (tertiary/aromatic N) is 1. The van der Waals surface area contributed by atoms with Crippen LogP contribution >= 0.6 is 0 Å². The van der Waals surface area contributed by atoms with Crippen molar-refractivity contribution in [2.45, 2.75) is 221 Å². The van der Waals surface area contributed by atoms with E-state index in [1.165, 1.54) is 70.6 Å². The second-order valence-electron chi connectivity index (χ2n) is 16.1. The molecule has 0 aromatic rings. The molecule has 0 aromatic carbocycles. The van der Waals surface area contributed by atoms with Gasteiger partial charge in [0.1, 0.15) is 18.6 Å². The number of hydrogen-bond donors (Lipinski definition) is 0. The molecular formula is C50H93NO9. The van der Waals surface area contributed by atoms with Gasteiger partial charge >= 0.3 is 18.1 Å². The molecule has 0 N–H and O–H groups in total. The fraction of sp³-hybridized carbons (Fsp3) is 0.860. The van der Waals surface area contributed by atoms with Crippen molar-refractivity contribution in [2.75, 3.05) is 52.7 Å². The molecule has 2 atom stereocenters. The Kier molecular flexibility index (Phi) is 42.8. The number of carbonyl (C=O) groups excluding carboxylic acids is 3. The van der Waals surface area contributed by atoms with Gasteiger partial charge in [-0.1, -0.05) is 149 Å². The van der Waals surface area contributed by atoms with Gasteiger partial charge in [0.15, 0.2) is 6.29 Å². The van der Waals surface area contributed by atoms with Crippen LogP contribution in [-0.2, 0) is 38.0 Å². The lowest BCUT2D eigenvalue weighted by atomic mass is 9.97. The maximum Gasteiger partial charge on any atom is 0.508 e. The van der Waals surface area contributed by atoms with E-state index in [2.05, 4.69) is 63.8 Å². The first-order valence-electron chi connectivity index (χ1n) is 24.8. The molecule has 0 bridgehead atoms. The summed E-state index contributed by atoms with van der Waals surface area (Å²) in [7, 11) is 0. The molecule has 0 heterocycles. The quantitative estimate of drug-likeness (QED) is 0.0193. The lowest BCUT2D eigenvalue weighted by Gasteiger charge is -2.26. The van der Waals surface area contributed by atoms with Gasteiger partial charge in [-0.25, -0.2) is 4.79 Å². The molecule has 0 aliphatic heterocycles. The van der Waals surface area contributed by atoms with Crippen LogP contribution in [0, 0.1) is 5.92 Å². The van der Waals surface area contributed by atoms with Gasteiger partial charge in [-0.3, -0.25) is 9.59 Å². The van der Waals surface area contributed by atoms with Crippen LogP contribution < -0.4 is 0 Å². The van der Waals surface area contributed by atoms with Gasteiger partial charge in [-0.15, -0.1) is 0 Å². The third-order valence-electron chi connectivity index (χ3n) is 10.7. The highest BCUT2D eigenvalue weighted by Gasteiger charge is 2.34. The van der Waals surface area contributed by atoms with Crippen molar-refractivity contribution in [2.24, 2.45) is 5.92 Å². The van der Waals surface area contributed by atoms with Crippen molar-refractivity contribution >= 4 is 18.1 Å². The van der Waals surface area contributed by atoms with E-state index >= 15 is 0 Å². The Morgan fingerprint density at radius 2 is 1.07 bits per heavy atom. The van der Waals surface area contributed by atoms with Crippen LogP contribution in [0.5, 0.6) is 0 Å². The molecule has 0 aliphatic carbocycles. The van der Waals surface area contributed by atoms with Crippen LogP contribution in [-0.4, -0.2) is 88.1 Å². The maximum absolute atomic E-state index is 13.6. The van der Waals surface area contributed by atoms with Gasteiger partial charge in [0, 0.05) is 26.2 Å². The van der Waals surface area contributed by atoms with Gasteiger partial charge in [0.05, 0.1) is 19.6 Å². The Hall–Kier alpha value is -2.43. The molecule has 2 unspecified atom stereocenters. The van der Waals surface area contributed by atoms with E-state index < -0.39 is 36.4 Å². The second-order valence-corrected chi connectivity index (χ2v) is 16.1. The van der Waals surface area contributed by atoms with Crippen molar-refractivity contribution in [3.8, 4) is 0 Å². The van der Waals surface area contributed by atoms with Crippen molar-refractivity contribution in [3.05, 3.63) is 24.3 Å². The van der Waals surface area contributed by atoms with Crippen LogP contribution in [0.2, 0.25) is 0 Å². The minimum absolute atomic E-state index is 0.0815. The van der Waals surface area contributed by atoms with Crippen LogP contribution in [0.1, 0.15) is 208 Å². The van der Waals surface area contributed by atoms with E-state index in [4.69, 9.17) is 28.4 Å². The third kappa shape index (κ3) is 36.2. The Morgan fingerprint density at radius 3 is 1.65 bits per heavy atom. The van der Waals surface area contributed by atoms with Crippen molar-refractivity contribution in [3.63, 3.8) is 0 Å². The Balaban J connectivity index is 5.61. The molecule has 0 radical (unpaired) electrons. The fourth-order valence-electron chi connectivity index (χ4n) is 6.84. The van der Waals surface area contributed by atoms with E-state index in [0.717, 1.165) is 83.8 Å². The first-order chi connectivity index (χ1) is 29.4. The summed E-state index contributed by atoms with van der Waals surface area (Å²) in [6, 6.07) is 0. The lowest BCUT2D eigenvalue weighted by molar-refractivity contribution is -0.170. The van der Waals surface area contributed by atoms with Crippen molar-refractivity contribution in [1.82, 2.24) is 4.90 Å². The molecule has 0 rings (SSSR count). The normalized spacial score (nSPS) is 12.8. The third-order valence-corrected chi connectivity index (χ3v) is 10.7. The molecule has 0 aliphatic rings. The zero-order valence-electron chi connectivity index (χ0n) is 39.7. The Morgan fingerprint density at radius 1 is 0.517 bits per heavy atom. The smallest absolute Gasteiger partial charge is 0.465 e. The van der Waals surface area contributed by atoms with Crippen LogP contribution in [0.15, 0.2) is 24.3 Å². The van der Waals surface area contributed by atoms with E-state index in [9.17, 15) is 14.4 Å². The van der Waals surface area contributed by atoms with E-state index in [1.54, 1.807) is 0 Å². The van der Waals surface area contributed by atoms with E-state index in [0.29, 0.717) is 38.9 Å². The highest BCUT2D eigenvalue weighted by atomic mass is 16.7. The summed E-state index contributed by atoms with van der Waals surface area (Å²) in [5, 5.41) is 0. The second kappa shape index (κ2) is 44.6. The van der Waals surface area contributed by atoms with E-state index in [-0.39, 0.29) is 26.2 Å². The molecule has 10 nitrogen and oxygen atoms in total. The molecule has 352 valence electrons. The molecule has 0 saturated heterocycles. The molecule has 0 spiro atoms. The van der Waals surface area contributed by atoms with Crippen LogP contribution in [0.3, 0.4) is 0 Å². The Labute approximate surface area is 368 Å². The highest BCUT2D eigenvalue weighted by Crippen LogP contribution is 2.22. The van der Waals surface area contributed by atoms with Crippen LogP contribution in [0.4, 0.5) is 4.79 Å². The molecule has 60 heavy (non-hydrogen) atoms. The first kappa shape index (κ1) is 57.6. The van der Waals surface area contributed by atoms with Gasteiger partial charge in [0.25, 0.3) is 0 Å². The number of esters is 2. The van der Waals surface area contributed by atoms with E-state index in [1.807, 2.05) is 6.92 Å². The van der Waals surface area contributed by atoms with Gasteiger partial charge in [0.2, 0.25) is 0 Å². The minimum atomic E-state index is -0.976. The zero-order chi connectivity index (χ0) is 44.2. The molecule has 0 saturated carbocycles. The summed E-state index contributed by atoms with van der Waals surface area (Å²) >= 11 is 0. The number of allylic oxidation sites excluding steroid dienone is 4. The first-order valence-corrected chi connectivity index (χ1v) is 24.8. The van der Waals surface area contributed by atoms with Crippen molar-refractivity contribution in [1.29, 1.82) is 0 Å². The number of ether oxygens (including phenoxy) is 6. The summed E-state index contributed by atoms with van der Waals surface area (Å²) in [4.78, 5) is 42.0. The van der Waals surface area contributed by atoms with Crippen molar-refractivity contribution < 1.29 is 42.8 Å². The number of carbonyl (C=O) groups is 3. The molecule has 0 fully saturated rings. The SMILES string of the molecule is CCCCC/C=C\C/C=C\CCCCCC(OC(=O)CCC(OCCCCCCCC)OCCCCCCCC)C(COC(=O)OCCCN(CC)CC)C(=O)OCCC. The monoisotopic (exact) mass is 852 g/mol. The number of unbranched alkanes of at least 4 members (excludes halogenated alkanes) is 16. The molecule has 10 heteroatoms. The summed E-state index contributed by atoms with van der Waals surface area (Å²) in [6.07, 6.45) is 32.4. The number of hydrogen-bond acceptors (Lipinski definition) is 10. The largest absolute Gasteiger partial charge is 0.508 e. The lowest BCUT2D eigenvalue weighted by Crippen LogP contribution is -2.38. The number of rotatable bonds is 44. The van der Waals surface area contributed by atoms with Gasteiger partial charge < -0.3 is 33.3 Å².